The Labute approximate surface area is 127 Å². The van der Waals surface area contributed by atoms with Crippen molar-refractivity contribution in [3.63, 3.8) is 0 Å². The largest absolute Gasteiger partial charge is 0.272 e. The first kappa shape index (κ1) is 15.9. The van der Waals surface area contributed by atoms with E-state index in [4.69, 9.17) is 11.6 Å². The Morgan fingerprint density at radius 3 is 2.86 bits per heavy atom. The average Bonchev–Trinajstić information content (AvgIpc) is 2.92. The average molecular weight is 332 g/mol. The van der Waals surface area contributed by atoms with Crippen LogP contribution in [0.4, 0.5) is 4.39 Å². The molecule has 1 heterocycles. The van der Waals surface area contributed by atoms with Crippen molar-refractivity contribution in [2.75, 3.05) is 6.54 Å². The van der Waals surface area contributed by atoms with Gasteiger partial charge in [0.05, 0.1) is 9.92 Å². The summed E-state index contributed by atoms with van der Waals surface area (Å²) in [5, 5.41) is 3.84. The molecule has 2 aromatic rings. The Morgan fingerprint density at radius 2 is 2.24 bits per heavy atom. The Bertz CT molecular complexity index is 704. The zero-order valence-corrected chi connectivity index (χ0v) is 12.9. The highest BCUT2D eigenvalue weighted by Gasteiger charge is 2.17. The number of nitrogens with zero attached hydrogens (tertiary/aromatic N) is 2. The molecule has 114 valence electrons. The maximum atomic E-state index is 13.1. The molecule has 0 aliphatic carbocycles. The quantitative estimate of drug-likeness (QED) is 0.883. The van der Waals surface area contributed by atoms with Gasteiger partial charge < -0.3 is 0 Å². The third kappa shape index (κ3) is 4.26. The summed E-state index contributed by atoms with van der Waals surface area (Å²) in [6, 6.07) is 5.11. The topological polar surface area (TPSA) is 64.0 Å². The molecule has 21 heavy (non-hydrogen) atoms. The summed E-state index contributed by atoms with van der Waals surface area (Å²) in [6.07, 6.45) is 3.47. The van der Waals surface area contributed by atoms with Gasteiger partial charge in [-0.3, -0.25) is 4.68 Å². The van der Waals surface area contributed by atoms with Crippen molar-refractivity contribution < 1.29 is 12.8 Å². The number of nitrogens with one attached hydrogen (secondary N) is 1. The molecule has 0 aliphatic heterocycles. The molecule has 1 N–H and O–H groups in total. The third-order valence-corrected chi connectivity index (χ3v) is 4.59. The monoisotopic (exact) mass is 331 g/mol. The van der Waals surface area contributed by atoms with Crippen LogP contribution in [0.25, 0.3) is 0 Å². The fraction of sp³-hybridized carbons (Fsp3) is 0.308. The van der Waals surface area contributed by atoms with Crippen molar-refractivity contribution >= 4 is 21.6 Å². The van der Waals surface area contributed by atoms with E-state index in [9.17, 15) is 12.8 Å². The standard InChI is InChI=1S/C13H15ClFN3O2S/c1-10(9-18-6-2-5-16-18)8-17-21(19,20)11-3-4-13(15)12(14)7-11/h2-7,10,17H,8-9H2,1H3. The molecular formula is C13H15ClFN3O2S. The van der Waals surface area contributed by atoms with Crippen LogP contribution < -0.4 is 4.72 Å². The highest BCUT2D eigenvalue weighted by atomic mass is 35.5. The first-order valence-electron chi connectivity index (χ1n) is 6.30. The fourth-order valence-corrected chi connectivity index (χ4v) is 3.21. The van der Waals surface area contributed by atoms with Crippen molar-refractivity contribution in [1.82, 2.24) is 14.5 Å². The van der Waals surface area contributed by atoms with Gasteiger partial charge in [0, 0.05) is 25.5 Å². The van der Waals surface area contributed by atoms with E-state index in [-0.39, 0.29) is 22.4 Å². The summed E-state index contributed by atoms with van der Waals surface area (Å²) >= 11 is 5.60. The molecule has 0 fully saturated rings. The molecule has 1 unspecified atom stereocenters. The molecule has 1 atom stereocenters. The Balaban J connectivity index is 1.99. The Morgan fingerprint density at radius 1 is 1.48 bits per heavy atom. The number of rotatable bonds is 6. The smallest absolute Gasteiger partial charge is 0.240 e. The lowest BCUT2D eigenvalue weighted by Gasteiger charge is -2.13. The van der Waals surface area contributed by atoms with E-state index in [2.05, 4.69) is 9.82 Å². The van der Waals surface area contributed by atoms with Gasteiger partial charge in [0.2, 0.25) is 10.0 Å². The SMILES string of the molecule is CC(CNS(=O)(=O)c1ccc(F)c(Cl)c1)Cn1cccn1. The van der Waals surface area contributed by atoms with Gasteiger partial charge in [-0.25, -0.2) is 17.5 Å². The van der Waals surface area contributed by atoms with Crippen LogP contribution in [0, 0.1) is 11.7 Å². The van der Waals surface area contributed by atoms with Gasteiger partial charge >= 0.3 is 0 Å². The predicted octanol–water partition coefficient (Wildman–Crippen LogP) is 2.29. The second-order valence-electron chi connectivity index (χ2n) is 4.76. The van der Waals surface area contributed by atoms with Crippen LogP contribution in [0.5, 0.6) is 0 Å². The second-order valence-corrected chi connectivity index (χ2v) is 6.94. The van der Waals surface area contributed by atoms with Gasteiger partial charge in [-0.1, -0.05) is 18.5 Å². The van der Waals surface area contributed by atoms with Crippen LogP contribution in [0.15, 0.2) is 41.6 Å². The Hall–Kier alpha value is -1.44. The molecule has 8 heteroatoms. The van der Waals surface area contributed by atoms with E-state index in [1.165, 1.54) is 6.07 Å². The van der Waals surface area contributed by atoms with Gasteiger partial charge in [-0.15, -0.1) is 0 Å². The summed E-state index contributed by atoms with van der Waals surface area (Å²) in [5.74, 6) is -0.599. The van der Waals surface area contributed by atoms with Gasteiger partial charge in [0.25, 0.3) is 0 Å². The minimum absolute atomic E-state index is 0.0515. The molecule has 0 radical (unpaired) electrons. The van der Waals surface area contributed by atoms with E-state index < -0.39 is 15.8 Å². The highest BCUT2D eigenvalue weighted by Crippen LogP contribution is 2.19. The van der Waals surface area contributed by atoms with Crippen molar-refractivity contribution in [1.29, 1.82) is 0 Å². The normalized spacial score (nSPS) is 13.3. The van der Waals surface area contributed by atoms with Crippen molar-refractivity contribution in [3.05, 3.63) is 47.5 Å². The molecule has 1 aromatic carbocycles. The molecule has 0 saturated carbocycles. The van der Waals surface area contributed by atoms with Crippen LogP contribution in [-0.4, -0.2) is 24.7 Å². The molecule has 2 rings (SSSR count). The number of aromatic nitrogens is 2. The van der Waals surface area contributed by atoms with Gasteiger partial charge in [0.15, 0.2) is 0 Å². The van der Waals surface area contributed by atoms with E-state index in [1.54, 1.807) is 16.9 Å². The number of sulfonamides is 1. The fourth-order valence-electron chi connectivity index (χ4n) is 1.77. The lowest BCUT2D eigenvalue weighted by Crippen LogP contribution is -2.30. The molecular weight excluding hydrogens is 317 g/mol. The number of hydrogen-bond donors (Lipinski definition) is 1. The third-order valence-electron chi connectivity index (χ3n) is 2.88. The molecule has 0 saturated heterocycles. The Kier molecular flexibility index (Phi) is 4.97. The van der Waals surface area contributed by atoms with Crippen molar-refractivity contribution in [3.8, 4) is 0 Å². The minimum Gasteiger partial charge on any atom is -0.272 e. The van der Waals surface area contributed by atoms with E-state index in [1.807, 2.05) is 13.1 Å². The van der Waals surface area contributed by atoms with Gasteiger partial charge in [-0.2, -0.15) is 5.10 Å². The van der Waals surface area contributed by atoms with E-state index in [0.29, 0.717) is 6.54 Å². The van der Waals surface area contributed by atoms with E-state index in [0.717, 1.165) is 12.1 Å². The summed E-state index contributed by atoms with van der Waals surface area (Å²) in [7, 11) is -3.70. The van der Waals surface area contributed by atoms with Crippen molar-refractivity contribution in [2.24, 2.45) is 5.92 Å². The molecule has 0 aliphatic rings. The van der Waals surface area contributed by atoms with Crippen LogP contribution in [0.1, 0.15) is 6.92 Å². The predicted molar refractivity (Wildman–Crippen MR) is 78.0 cm³/mol. The molecule has 0 bridgehead atoms. The zero-order valence-electron chi connectivity index (χ0n) is 11.3. The zero-order chi connectivity index (χ0) is 15.5. The van der Waals surface area contributed by atoms with Crippen molar-refractivity contribution in [2.45, 2.75) is 18.4 Å². The second kappa shape index (κ2) is 6.55. The lowest BCUT2D eigenvalue weighted by molar-refractivity contribution is 0.443. The summed E-state index contributed by atoms with van der Waals surface area (Å²) in [6.45, 7) is 2.75. The van der Waals surface area contributed by atoms with Crippen LogP contribution in [0.3, 0.4) is 0 Å². The van der Waals surface area contributed by atoms with Gasteiger partial charge in [-0.05, 0) is 30.2 Å². The minimum atomic E-state index is -3.70. The molecule has 5 nitrogen and oxygen atoms in total. The van der Waals surface area contributed by atoms with E-state index >= 15 is 0 Å². The first-order valence-corrected chi connectivity index (χ1v) is 8.17. The number of hydrogen-bond acceptors (Lipinski definition) is 3. The number of halogens is 2. The van der Waals surface area contributed by atoms with Gasteiger partial charge in [0.1, 0.15) is 5.82 Å². The summed E-state index contributed by atoms with van der Waals surface area (Å²) in [5.41, 5.74) is 0. The molecule has 1 aromatic heterocycles. The maximum Gasteiger partial charge on any atom is 0.240 e. The molecule has 0 spiro atoms. The lowest BCUT2D eigenvalue weighted by atomic mass is 10.2. The summed E-state index contributed by atoms with van der Waals surface area (Å²) < 4.78 is 41.4. The first-order chi connectivity index (χ1) is 9.88. The van der Waals surface area contributed by atoms with Crippen LogP contribution in [-0.2, 0) is 16.6 Å². The van der Waals surface area contributed by atoms with Crippen LogP contribution in [0.2, 0.25) is 5.02 Å². The number of benzene rings is 1. The molecule has 0 amide bonds. The summed E-state index contributed by atoms with van der Waals surface area (Å²) in [4.78, 5) is -0.0554. The maximum absolute atomic E-state index is 13.1. The van der Waals surface area contributed by atoms with Crippen LogP contribution >= 0.6 is 11.6 Å². The highest BCUT2D eigenvalue weighted by molar-refractivity contribution is 7.89.